The predicted molar refractivity (Wildman–Crippen MR) is 133 cm³/mol. The van der Waals surface area contributed by atoms with Gasteiger partial charge >= 0.3 is 0 Å². The van der Waals surface area contributed by atoms with E-state index in [0.29, 0.717) is 16.7 Å². The van der Waals surface area contributed by atoms with E-state index in [0.717, 1.165) is 68.2 Å². The minimum absolute atomic E-state index is 0.134. The number of benzene rings is 2. The van der Waals surface area contributed by atoms with Crippen LogP contribution in [-0.4, -0.2) is 83.6 Å². The number of piperazine rings is 2. The number of anilines is 4. The van der Waals surface area contributed by atoms with Gasteiger partial charge in [-0.2, -0.15) is 4.98 Å². The third kappa shape index (κ3) is 4.97. The number of aliphatic hydroxyl groups is 1. The molecule has 1 aromatic heterocycles. The van der Waals surface area contributed by atoms with Crippen LogP contribution in [0.25, 0.3) is 10.9 Å². The molecule has 0 bridgehead atoms. The zero-order valence-corrected chi connectivity index (χ0v) is 19.2. The van der Waals surface area contributed by atoms with Gasteiger partial charge in [0.1, 0.15) is 5.82 Å². The second-order valence-corrected chi connectivity index (χ2v) is 8.90. The lowest BCUT2D eigenvalue weighted by atomic mass is 10.2. The minimum Gasteiger partial charge on any atom is -0.399 e. The summed E-state index contributed by atoms with van der Waals surface area (Å²) in [5.41, 5.74) is 8.47. The van der Waals surface area contributed by atoms with Crippen LogP contribution in [-0.2, 0) is 0 Å². The lowest BCUT2D eigenvalue weighted by molar-refractivity contribution is -0.0538. The molecule has 3 heterocycles. The van der Waals surface area contributed by atoms with Crippen molar-refractivity contribution in [1.29, 1.82) is 0 Å². The van der Waals surface area contributed by atoms with Crippen molar-refractivity contribution >= 4 is 45.6 Å². The van der Waals surface area contributed by atoms with Crippen LogP contribution >= 0.6 is 11.6 Å². The van der Waals surface area contributed by atoms with Crippen molar-refractivity contribution in [2.75, 3.05) is 68.4 Å². The van der Waals surface area contributed by atoms with E-state index in [4.69, 9.17) is 27.3 Å². The molecule has 0 amide bonds. The number of halogens is 1. The highest BCUT2D eigenvalue weighted by atomic mass is 35.5. The second-order valence-electron chi connectivity index (χ2n) is 8.47. The van der Waals surface area contributed by atoms with Gasteiger partial charge < -0.3 is 26.4 Å². The molecule has 3 aromatic rings. The lowest BCUT2D eigenvalue weighted by Crippen LogP contribution is -2.61. The highest BCUT2D eigenvalue weighted by Gasteiger charge is 2.27. The molecule has 2 saturated heterocycles. The lowest BCUT2D eigenvalue weighted by Gasteiger charge is -2.44. The first-order valence-electron chi connectivity index (χ1n) is 11.3. The normalized spacial score (nSPS) is 20.3. The van der Waals surface area contributed by atoms with Gasteiger partial charge in [0.25, 0.3) is 0 Å². The summed E-state index contributed by atoms with van der Waals surface area (Å²) in [6.07, 6.45) is 0. The van der Waals surface area contributed by atoms with Crippen LogP contribution in [0.3, 0.4) is 0 Å². The first kappa shape index (κ1) is 22.1. The van der Waals surface area contributed by atoms with Crippen LogP contribution in [0.2, 0.25) is 5.02 Å². The van der Waals surface area contributed by atoms with Gasteiger partial charge in [0.05, 0.1) is 12.1 Å². The molecule has 1 atom stereocenters. The van der Waals surface area contributed by atoms with Crippen molar-refractivity contribution in [3.05, 3.63) is 47.5 Å². The maximum absolute atomic E-state index is 9.49. The summed E-state index contributed by atoms with van der Waals surface area (Å²) in [6.45, 7) is 6.28. The Kier molecular flexibility index (Phi) is 6.48. The molecule has 9 nitrogen and oxygen atoms in total. The third-order valence-corrected chi connectivity index (χ3v) is 6.46. The quantitative estimate of drug-likeness (QED) is 0.418. The Hall–Kier alpha value is -2.69. The second kappa shape index (κ2) is 9.66. The number of nitrogen functional groups attached to an aromatic ring is 1. The average Bonchev–Trinajstić information content (AvgIpc) is 2.85. The number of rotatable bonds is 5. The van der Waals surface area contributed by atoms with Crippen molar-refractivity contribution in [3.8, 4) is 0 Å². The monoisotopic (exact) mass is 468 g/mol. The summed E-state index contributed by atoms with van der Waals surface area (Å²) >= 11 is 6.04. The molecule has 2 aromatic carbocycles. The first-order chi connectivity index (χ1) is 16.1. The average molecular weight is 469 g/mol. The fraction of sp³-hybridized carbons (Fsp3) is 0.391. The van der Waals surface area contributed by atoms with E-state index in [1.807, 2.05) is 42.5 Å². The Labute approximate surface area is 198 Å². The molecule has 33 heavy (non-hydrogen) atoms. The van der Waals surface area contributed by atoms with Crippen LogP contribution in [0.15, 0.2) is 42.5 Å². The molecule has 5 N–H and O–H groups in total. The predicted octanol–water partition coefficient (Wildman–Crippen LogP) is 1.91. The van der Waals surface area contributed by atoms with Crippen molar-refractivity contribution in [3.63, 3.8) is 0 Å². The van der Waals surface area contributed by atoms with Crippen molar-refractivity contribution in [2.24, 2.45) is 0 Å². The number of hydrogen-bond donors (Lipinski definition) is 4. The van der Waals surface area contributed by atoms with Gasteiger partial charge in [-0.25, -0.2) is 15.0 Å². The molecule has 0 radical (unpaired) electrons. The number of aromatic nitrogens is 2. The highest BCUT2D eigenvalue weighted by Crippen LogP contribution is 2.29. The Morgan fingerprint density at radius 1 is 1.03 bits per heavy atom. The number of aliphatic hydroxyl groups excluding tert-OH is 1. The van der Waals surface area contributed by atoms with Crippen LogP contribution in [0.4, 0.5) is 23.1 Å². The van der Waals surface area contributed by atoms with Crippen molar-refractivity contribution in [1.82, 2.24) is 25.3 Å². The summed E-state index contributed by atoms with van der Waals surface area (Å²) in [5.74, 6) is 1.43. The SMILES string of the molecule is Nc1ccc2nc(N3CCN(N4CCNC(CO)C4)CC3)nc(Nc3ccc(Cl)cc3)c2c1. The summed E-state index contributed by atoms with van der Waals surface area (Å²) in [4.78, 5) is 12.0. The summed E-state index contributed by atoms with van der Waals surface area (Å²) < 4.78 is 0. The number of fused-ring (bicyclic) bond motifs is 1. The zero-order chi connectivity index (χ0) is 22.8. The van der Waals surface area contributed by atoms with Gasteiger partial charge in [-0.05, 0) is 42.5 Å². The molecule has 2 aliphatic rings. The molecular formula is C23H29ClN8O. The standard InChI is InChI=1S/C23H29ClN8O/c24-16-1-4-18(5-2-16)27-22-20-13-17(25)3-6-21(20)28-23(29-22)30-9-11-31(12-10-30)32-8-7-26-19(14-32)15-33/h1-6,13,19,26,33H,7-12,14-15,25H2,(H,27,28,29). The highest BCUT2D eigenvalue weighted by molar-refractivity contribution is 6.30. The Balaban J connectivity index is 1.36. The minimum atomic E-state index is 0.134. The molecule has 2 fully saturated rings. The van der Waals surface area contributed by atoms with Gasteiger partial charge in [0.15, 0.2) is 0 Å². The maximum Gasteiger partial charge on any atom is 0.227 e. The van der Waals surface area contributed by atoms with E-state index >= 15 is 0 Å². The molecule has 10 heteroatoms. The van der Waals surface area contributed by atoms with Gasteiger partial charge in [0.2, 0.25) is 5.95 Å². The van der Waals surface area contributed by atoms with E-state index in [9.17, 15) is 5.11 Å². The third-order valence-electron chi connectivity index (χ3n) is 6.21. The Morgan fingerprint density at radius 2 is 1.82 bits per heavy atom. The van der Waals surface area contributed by atoms with Gasteiger partial charge in [-0.1, -0.05) is 11.6 Å². The smallest absolute Gasteiger partial charge is 0.227 e. The fourth-order valence-electron chi connectivity index (χ4n) is 4.41. The largest absolute Gasteiger partial charge is 0.399 e. The molecule has 0 spiro atoms. The molecule has 174 valence electrons. The molecule has 0 aliphatic carbocycles. The zero-order valence-electron chi connectivity index (χ0n) is 18.4. The fourth-order valence-corrected chi connectivity index (χ4v) is 4.53. The molecule has 2 aliphatic heterocycles. The van der Waals surface area contributed by atoms with Crippen LogP contribution in [0.5, 0.6) is 0 Å². The van der Waals surface area contributed by atoms with Gasteiger partial charge in [-0.3, -0.25) is 0 Å². The number of hydrogen-bond acceptors (Lipinski definition) is 9. The van der Waals surface area contributed by atoms with Crippen LogP contribution in [0, 0.1) is 0 Å². The van der Waals surface area contributed by atoms with Crippen molar-refractivity contribution < 1.29 is 5.11 Å². The van der Waals surface area contributed by atoms with E-state index in [1.54, 1.807) is 0 Å². The number of nitrogens with two attached hydrogens (primary N) is 1. The molecule has 0 saturated carbocycles. The van der Waals surface area contributed by atoms with Crippen LogP contribution < -0.4 is 21.3 Å². The number of nitrogens with zero attached hydrogens (tertiary/aromatic N) is 5. The van der Waals surface area contributed by atoms with E-state index in [-0.39, 0.29) is 12.6 Å². The first-order valence-corrected chi connectivity index (χ1v) is 11.7. The van der Waals surface area contributed by atoms with E-state index < -0.39 is 0 Å². The molecule has 1 unspecified atom stereocenters. The summed E-state index contributed by atoms with van der Waals surface area (Å²) in [6, 6.07) is 13.4. The topological polar surface area (TPSA) is 106 Å². The Morgan fingerprint density at radius 3 is 2.58 bits per heavy atom. The summed E-state index contributed by atoms with van der Waals surface area (Å²) in [7, 11) is 0. The summed E-state index contributed by atoms with van der Waals surface area (Å²) in [5, 5.41) is 22.6. The van der Waals surface area contributed by atoms with Crippen LogP contribution in [0.1, 0.15) is 0 Å². The molecular weight excluding hydrogens is 440 g/mol. The number of nitrogens with one attached hydrogen (secondary N) is 2. The number of hydrazine groups is 1. The van der Waals surface area contributed by atoms with Gasteiger partial charge in [-0.15, -0.1) is 0 Å². The van der Waals surface area contributed by atoms with E-state index in [1.165, 1.54) is 0 Å². The van der Waals surface area contributed by atoms with Crippen molar-refractivity contribution in [2.45, 2.75) is 6.04 Å². The van der Waals surface area contributed by atoms with Gasteiger partial charge in [0, 0.05) is 73.6 Å². The Bertz CT molecular complexity index is 1100. The maximum atomic E-state index is 9.49. The van der Waals surface area contributed by atoms with E-state index in [2.05, 4.69) is 25.6 Å². The molecule has 5 rings (SSSR count).